The molecule has 164 valence electrons. The maximum Gasteiger partial charge on any atom is 0.326 e. The summed E-state index contributed by atoms with van der Waals surface area (Å²) in [6, 6.07) is 6.79. The predicted octanol–water partition coefficient (Wildman–Crippen LogP) is 1.45. The predicted molar refractivity (Wildman–Crippen MR) is 106 cm³/mol. The maximum absolute atomic E-state index is 12.9. The first-order chi connectivity index (χ1) is 14.2. The van der Waals surface area contributed by atoms with Crippen molar-refractivity contribution in [1.82, 2.24) is 10.6 Å². The quantitative estimate of drug-likeness (QED) is 0.417. The van der Waals surface area contributed by atoms with E-state index in [1.54, 1.807) is 0 Å². The molecule has 1 amide bonds. The SMILES string of the molecule is CC(NC1(C(=O)OCc2ccccc2)CCCCC1)C(=O)NC(CC(=O)O)C(=O)O. The number of benzene rings is 1. The Morgan fingerprint density at radius 3 is 2.27 bits per heavy atom. The number of nitrogens with one attached hydrogen (secondary N) is 2. The summed E-state index contributed by atoms with van der Waals surface area (Å²) < 4.78 is 5.52. The molecule has 0 aromatic heterocycles. The summed E-state index contributed by atoms with van der Waals surface area (Å²) >= 11 is 0. The average Bonchev–Trinajstić information content (AvgIpc) is 2.72. The highest BCUT2D eigenvalue weighted by atomic mass is 16.5. The van der Waals surface area contributed by atoms with Crippen LogP contribution in [0.5, 0.6) is 0 Å². The second-order valence-electron chi connectivity index (χ2n) is 7.57. The molecule has 1 aromatic carbocycles. The van der Waals surface area contributed by atoms with E-state index in [1.807, 2.05) is 30.3 Å². The van der Waals surface area contributed by atoms with Crippen molar-refractivity contribution in [2.75, 3.05) is 0 Å². The molecule has 9 heteroatoms. The van der Waals surface area contributed by atoms with E-state index in [2.05, 4.69) is 10.6 Å². The topological polar surface area (TPSA) is 142 Å². The fraction of sp³-hybridized carbons (Fsp3) is 0.524. The summed E-state index contributed by atoms with van der Waals surface area (Å²) in [6.07, 6.45) is 2.80. The van der Waals surface area contributed by atoms with Crippen molar-refractivity contribution < 1.29 is 34.1 Å². The minimum absolute atomic E-state index is 0.114. The highest BCUT2D eigenvalue weighted by Gasteiger charge is 2.43. The Kier molecular flexibility index (Phi) is 8.35. The first kappa shape index (κ1) is 23.3. The standard InChI is InChI=1S/C21H28N2O7/c1-14(18(26)22-16(19(27)28)12-17(24)25)23-21(10-6-3-7-11-21)20(29)30-13-15-8-4-2-5-9-15/h2,4-5,8-9,14,16,23H,3,6-7,10-13H2,1H3,(H,22,26)(H,24,25)(H,27,28). The molecule has 2 unspecified atom stereocenters. The van der Waals surface area contributed by atoms with Crippen LogP contribution in [0.15, 0.2) is 30.3 Å². The average molecular weight is 420 g/mol. The van der Waals surface area contributed by atoms with E-state index in [1.165, 1.54) is 6.92 Å². The first-order valence-electron chi connectivity index (χ1n) is 9.97. The van der Waals surface area contributed by atoms with Crippen molar-refractivity contribution in [2.24, 2.45) is 0 Å². The Morgan fingerprint density at radius 2 is 1.70 bits per heavy atom. The van der Waals surface area contributed by atoms with Crippen LogP contribution < -0.4 is 10.6 Å². The van der Waals surface area contributed by atoms with E-state index in [0.29, 0.717) is 12.8 Å². The van der Waals surface area contributed by atoms with Gasteiger partial charge in [-0.05, 0) is 25.3 Å². The van der Waals surface area contributed by atoms with Gasteiger partial charge in [0.15, 0.2) is 0 Å². The molecule has 2 rings (SSSR count). The van der Waals surface area contributed by atoms with E-state index in [4.69, 9.17) is 14.9 Å². The largest absolute Gasteiger partial charge is 0.481 e. The zero-order chi connectivity index (χ0) is 22.1. The van der Waals surface area contributed by atoms with Crippen molar-refractivity contribution >= 4 is 23.8 Å². The van der Waals surface area contributed by atoms with Crippen LogP contribution >= 0.6 is 0 Å². The van der Waals surface area contributed by atoms with Crippen LogP contribution in [0, 0.1) is 0 Å². The third-order valence-corrected chi connectivity index (χ3v) is 5.19. The smallest absolute Gasteiger partial charge is 0.326 e. The number of carbonyl (C=O) groups is 4. The lowest BCUT2D eigenvalue weighted by molar-refractivity contribution is -0.155. The summed E-state index contributed by atoms with van der Waals surface area (Å²) in [7, 11) is 0. The number of esters is 1. The Morgan fingerprint density at radius 1 is 1.07 bits per heavy atom. The van der Waals surface area contributed by atoms with Crippen LogP contribution in [-0.4, -0.2) is 51.7 Å². The monoisotopic (exact) mass is 420 g/mol. The van der Waals surface area contributed by atoms with Gasteiger partial charge in [-0.3, -0.25) is 19.7 Å². The molecular weight excluding hydrogens is 392 g/mol. The minimum atomic E-state index is -1.55. The van der Waals surface area contributed by atoms with Crippen molar-refractivity contribution in [1.29, 1.82) is 0 Å². The third kappa shape index (κ3) is 6.55. The van der Waals surface area contributed by atoms with Crippen LogP contribution in [0.1, 0.15) is 51.0 Å². The van der Waals surface area contributed by atoms with Crippen molar-refractivity contribution in [2.45, 2.75) is 69.7 Å². The molecule has 30 heavy (non-hydrogen) atoms. The van der Waals surface area contributed by atoms with Crippen LogP contribution in [0.3, 0.4) is 0 Å². The number of hydrogen-bond donors (Lipinski definition) is 4. The van der Waals surface area contributed by atoms with E-state index in [0.717, 1.165) is 24.8 Å². The number of amides is 1. The Bertz CT molecular complexity index is 760. The second-order valence-corrected chi connectivity index (χ2v) is 7.57. The molecule has 0 radical (unpaired) electrons. The zero-order valence-corrected chi connectivity index (χ0v) is 16.9. The Balaban J connectivity index is 2.04. The van der Waals surface area contributed by atoms with Gasteiger partial charge in [-0.1, -0.05) is 49.6 Å². The molecule has 4 N–H and O–H groups in total. The number of aliphatic carboxylic acids is 2. The van der Waals surface area contributed by atoms with Gasteiger partial charge in [-0.2, -0.15) is 0 Å². The highest BCUT2D eigenvalue weighted by Crippen LogP contribution is 2.30. The summed E-state index contributed by atoms with van der Waals surface area (Å²) in [5, 5.41) is 23.2. The van der Waals surface area contributed by atoms with E-state index in [-0.39, 0.29) is 6.61 Å². The van der Waals surface area contributed by atoms with Crippen molar-refractivity contribution in [3.05, 3.63) is 35.9 Å². The lowest BCUT2D eigenvalue weighted by Gasteiger charge is -2.37. The molecule has 2 atom stereocenters. The molecule has 1 aliphatic carbocycles. The lowest BCUT2D eigenvalue weighted by Crippen LogP contribution is -2.61. The zero-order valence-electron chi connectivity index (χ0n) is 16.9. The molecule has 0 spiro atoms. The normalized spacial score (nSPS) is 17.4. The van der Waals surface area contributed by atoms with Crippen LogP contribution in [0.2, 0.25) is 0 Å². The number of carboxylic acid groups (broad SMARTS) is 2. The van der Waals surface area contributed by atoms with Crippen molar-refractivity contribution in [3.63, 3.8) is 0 Å². The molecular formula is C21H28N2O7. The summed E-state index contributed by atoms with van der Waals surface area (Å²) in [6.45, 7) is 1.62. The third-order valence-electron chi connectivity index (χ3n) is 5.19. The number of carboxylic acids is 2. The van der Waals surface area contributed by atoms with Gasteiger partial charge in [0.2, 0.25) is 5.91 Å². The summed E-state index contributed by atoms with van der Waals surface area (Å²) in [5.74, 6) is -3.92. The molecule has 0 saturated heterocycles. The minimum Gasteiger partial charge on any atom is -0.481 e. The van der Waals surface area contributed by atoms with E-state index >= 15 is 0 Å². The summed E-state index contributed by atoms with van der Waals surface area (Å²) in [4.78, 5) is 47.4. The number of ether oxygens (including phenoxy) is 1. The van der Waals surface area contributed by atoms with Gasteiger partial charge in [0.1, 0.15) is 18.2 Å². The van der Waals surface area contributed by atoms with Gasteiger partial charge in [0.05, 0.1) is 12.5 Å². The molecule has 1 fully saturated rings. The lowest BCUT2D eigenvalue weighted by atomic mass is 9.81. The fourth-order valence-electron chi connectivity index (χ4n) is 3.58. The Labute approximate surface area is 174 Å². The highest BCUT2D eigenvalue weighted by molar-refractivity contribution is 5.90. The fourth-order valence-corrected chi connectivity index (χ4v) is 3.58. The Hall–Kier alpha value is -2.94. The number of rotatable bonds is 10. The number of carbonyl (C=O) groups excluding carboxylic acids is 2. The van der Waals surface area contributed by atoms with Gasteiger partial charge < -0.3 is 20.3 Å². The first-order valence-corrected chi connectivity index (χ1v) is 9.97. The molecule has 9 nitrogen and oxygen atoms in total. The van der Waals surface area contributed by atoms with Gasteiger partial charge in [0, 0.05) is 0 Å². The second kappa shape index (κ2) is 10.7. The van der Waals surface area contributed by atoms with Gasteiger partial charge >= 0.3 is 17.9 Å². The van der Waals surface area contributed by atoms with Gasteiger partial charge in [-0.25, -0.2) is 4.79 Å². The van der Waals surface area contributed by atoms with E-state index < -0.39 is 47.9 Å². The number of hydrogen-bond acceptors (Lipinski definition) is 6. The summed E-state index contributed by atoms with van der Waals surface area (Å²) in [5.41, 5.74) is -0.199. The van der Waals surface area contributed by atoms with Crippen LogP contribution in [0.4, 0.5) is 0 Å². The van der Waals surface area contributed by atoms with Gasteiger partial charge in [0.25, 0.3) is 0 Å². The van der Waals surface area contributed by atoms with Crippen molar-refractivity contribution in [3.8, 4) is 0 Å². The van der Waals surface area contributed by atoms with Crippen LogP contribution in [-0.2, 0) is 30.5 Å². The molecule has 1 aromatic rings. The van der Waals surface area contributed by atoms with E-state index in [9.17, 15) is 19.2 Å². The maximum atomic E-state index is 12.9. The molecule has 0 bridgehead atoms. The molecule has 1 aliphatic rings. The molecule has 0 aliphatic heterocycles. The molecule has 1 saturated carbocycles. The van der Waals surface area contributed by atoms with Gasteiger partial charge in [-0.15, -0.1) is 0 Å². The van der Waals surface area contributed by atoms with Crippen LogP contribution in [0.25, 0.3) is 0 Å². The molecule has 0 heterocycles.